The van der Waals surface area contributed by atoms with Crippen LogP contribution in [-0.2, 0) is 4.74 Å². The van der Waals surface area contributed by atoms with Gasteiger partial charge in [-0.25, -0.2) is 4.79 Å². The summed E-state index contributed by atoms with van der Waals surface area (Å²) in [6.45, 7) is 0. The van der Waals surface area contributed by atoms with Gasteiger partial charge in [-0.1, -0.05) is 78.9 Å². The second kappa shape index (κ2) is 7.28. The van der Waals surface area contributed by atoms with Gasteiger partial charge in [-0.05, 0) is 35.4 Å². The highest BCUT2D eigenvalue weighted by molar-refractivity contribution is 5.90. The summed E-state index contributed by atoms with van der Waals surface area (Å²) in [6, 6.07) is 32.9. The Labute approximate surface area is 169 Å². The SMILES string of the molecule is O=C(OC1c2ccccc2Oc2ccccc21)c1ccc(-c2ccccc2)cc1. The van der Waals surface area contributed by atoms with Crippen LogP contribution >= 0.6 is 0 Å². The second-order valence-corrected chi connectivity index (χ2v) is 6.91. The molecule has 0 bridgehead atoms. The van der Waals surface area contributed by atoms with Gasteiger partial charge in [-0.2, -0.15) is 0 Å². The monoisotopic (exact) mass is 378 g/mol. The van der Waals surface area contributed by atoms with Gasteiger partial charge in [0.25, 0.3) is 0 Å². The van der Waals surface area contributed by atoms with Crippen molar-refractivity contribution in [3.63, 3.8) is 0 Å². The largest absolute Gasteiger partial charge is 0.456 e. The zero-order chi connectivity index (χ0) is 19.6. The first-order chi connectivity index (χ1) is 14.3. The minimum atomic E-state index is -0.502. The minimum Gasteiger partial charge on any atom is -0.456 e. The molecule has 0 spiro atoms. The smallest absolute Gasteiger partial charge is 0.339 e. The van der Waals surface area contributed by atoms with Crippen LogP contribution in [0.1, 0.15) is 27.6 Å². The Bertz CT molecular complexity index is 1120. The van der Waals surface area contributed by atoms with E-state index >= 15 is 0 Å². The third kappa shape index (κ3) is 3.27. The van der Waals surface area contributed by atoms with Crippen LogP contribution in [0.2, 0.25) is 0 Å². The molecular weight excluding hydrogens is 360 g/mol. The highest BCUT2D eigenvalue weighted by Gasteiger charge is 2.30. The van der Waals surface area contributed by atoms with E-state index < -0.39 is 6.10 Å². The fraction of sp³-hybridized carbons (Fsp3) is 0.0385. The Morgan fingerprint density at radius 1 is 0.621 bits per heavy atom. The maximum Gasteiger partial charge on any atom is 0.339 e. The van der Waals surface area contributed by atoms with E-state index in [2.05, 4.69) is 0 Å². The molecule has 0 saturated carbocycles. The molecule has 0 fully saturated rings. The number of hydrogen-bond donors (Lipinski definition) is 0. The Morgan fingerprint density at radius 3 is 1.76 bits per heavy atom. The third-order valence-corrected chi connectivity index (χ3v) is 5.08. The molecule has 3 heteroatoms. The van der Waals surface area contributed by atoms with Crippen molar-refractivity contribution in [3.05, 3.63) is 120 Å². The van der Waals surface area contributed by atoms with E-state index in [0.29, 0.717) is 17.1 Å². The van der Waals surface area contributed by atoms with Crippen molar-refractivity contribution in [1.82, 2.24) is 0 Å². The van der Waals surface area contributed by atoms with Crippen LogP contribution in [0.4, 0.5) is 0 Å². The fourth-order valence-electron chi connectivity index (χ4n) is 3.60. The van der Waals surface area contributed by atoms with E-state index in [9.17, 15) is 4.79 Å². The van der Waals surface area contributed by atoms with Crippen LogP contribution in [-0.4, -0.2) is 5.97 Å². The Balaban J connectivity index is 1.44. The standard InChI is InChI=1S/C26H18O3/c27-26(20-16-14-19(15-17-20)18-8-2-1-3-9-18)29-25-21-10-4-6-12-23(21)28-24-13-7-5-11-22(24)25/h1-17,25H. The number of carbonyl (C=O) groups excluding carboxylic acids is 1. The molecule has 1 aliphatic rings. The molecule has 3 nitrogen and oxygen atoms in total. The first-order valence-electron chi connectivity index (χ1n) is 9.52. The maximum atomic E-state index is 12.9. The zero-order valence-electron chi connectivity index (χ0n) is 15.6. The molecule has 140 valence electrons. The van der Waals surface area contributed by atoms with Gasteiger partial charge >= 0.3 is 5.97 Å². The van der Waals surface area contributed by atoms with E-state index in [1.54, 1.807) is 0 Å². The molecule has 0 amide bonds. The molecule has 0 aromatic heterocycles. The topological polar surface area (TPSA) is 35.5 Å². The average Bonchev–Trinajstić information content (AvgIpc) is 2.79. The molecule has 1 heterocycles. The van der Waals surface area contributed by atoms with Crippen LogP contribution in [0.15, 0.2) is 103 Å². The van der Waals surface area contributed by atoms with Crippen molar-refractivity contribution in [1.29, 1.82) is 0 Å². The fourth-order valence-corrected chi connectivity index (χ4v) is 3.60. The highest BCUT2D eigenvalue weighted by Crippen LogP contribution is 2.44. The molecule has 0 atom stereocenters. The van der Waals surface area contributed by atoms with Crippen molar-refractivity contribution in [3.8, 4) is 22.6 Å². The Kier molecular flexibility index (Phi) is 4.34. The normalized spacial score (nSPS) is 12.4. The van der Waals surface area contributed by atoms with E-state index in [1.807, 2.05) is 103 Å². The van der Waals surface area contributed by atoms with Crippen LogP contribution in [0.3, 0.4) is 0 Å². The van der Waals surface area contributed by atoms with Gasteiger partial charge in [-0.3, -0.25) is 0 Å². The minimum absolute atomic E-state index is 0.360. The molecule has 0 aliphatic carbocycles. The van der Waals surface area contributed by atoms with Crippen LogP contribution < -0.4 is 4.74 Å². The summed E-state index contributed by atoms with van der Waals surface area (Å²) in [5, 5.41) is 0. The Hall–Kier alpha value is -3.85. The van der Waals surface area contributed by atoms with Crippen molar-refractivity contribution < 1.29 is 14.3 Å². The molecule has 1 aliphatic heterocycles. The molecule has 0 unspecified atom stereocenters. The van der Waals surface area contributed by atoms with Gasteiger partial charge in [0.15, 0.2) is 6.10 Å². The average molecular weight is 378 g/mol. The number of para-hydroxylation sites is 2. The number of ether oxygens (including phenoxy) is 2. The van der Waals surface area contributed by atoms with Crippen molar-refractivity contribution >= 4 is 5.97 Å². The van der Waals surface area contributed by atoms with Gasteiger partial charge in [0.1, 0.15) is 11.5 Å². The third-order valence-electron chi connectivity index (χ3n) is 5.08. The first kappa shape index (κ1) is 17.3. The quantitative estimate of drug-likeness (QED) is 0.387. The number of benzene rings is 4. The Morgan fingerprint density at radius 2 is 1.14 bits per heavy atom. The zero-order valence-corrected chi connectivity index (χ0v) is 15.6. The number of rotatable bonds is 3. The molecule has 29 heavy (non-hydrogen) atoms. The first-order valence-corrected chi connectivity index (χ1v) is 9.52. The molecular formula is C26H18O3. The number of carbonyl (C=O) groups is 1. The summed E-state index contributed by atoms with van der Waals surface area (Å²) in [5.41, 5.74) is 4.38. The lowest BCUT2D eigenvalue weighted by molar-refractivity contribution is 0.0362. The predicted molar refractivity (Wildman–Crippen MR) is 112 cm³/mol. The number of hydrogen-bond acceptors (Lipinski definition) is 3. The van der Waals surface area contributed by atoms with Crippen molar-refractivity contribution in [2.75, 3.05) is 0 Å². The van der Waals surface area contributed by atoms with Gasteiger partial charge < -0.3 is 9.47 Å². The van der Waals surface area contributed by atoms with Gasteiger partial charge in [0, 0.05) is 11.1 Å². The number of fused-ring (bicyclic) bond motifs is 2. The summed E-state index contributed by atoms with van der Waals surface area (Å²) < 4.78 is 11.9. The van der Waals surface area contributed by atoms with Crippen LogP contribution in [0.5, 0.6) is 11.5 Å². The summed E-state index contributed by atoms with van der Waals surface area (Å²) >= 11 is 0. The van der Waals surface area contributed by atoms with E-state index in [1.165, 1.54) is 0 Å². The van der Waals surface area contributed by atoms with E-state index in [0.717, 1.165) is 22.3 Å². The van der Waals surface area contributed by atoms with Crippen LogP contribution in [0, 0.1) is 0 Å². The molecule has 0 radical (unpaired) electrons. The molecule has 4 aromatic rings. The van der Waals surface area contributed by atoms with Gasteiger partial charge in [-0.15, -0.1) is 0 Å². The van der Waals surface area contributed by atoms with Gasteiger partial charge in [0.2, 0.25) is 0 Å². The molecule has 5 rings (SSSR count). The lowest BCUT2D eigenvalue weighted by atomic mass is 9.97. The van der Waals surface area contributed by atoms with E-state index in [-0.39, 0.29) is 5.97 Å². The second-order valence-electron chi connectivity index (χ2n) is 6.91. The lowest BCUT2D eigenvalue weighted by Crippen LogP contribution is -2.17. The van der Waals surface area contributed by atoms with Gasteiger partial charge in [0.05, 0.1) is 5.56 Å². The summed E-state index contributed by atoms with van der Waals surface area (Å²) in [5.74, 6) is 1.06. The summed E-state index contributed by atoms with van der Waals surface area (Å²) in [6.07, 6.45) is -0.502. The molecule has 4 aromatic carbocycles. The molecule has 0 saturated heterocycles. The highest BCUT2D eigenvalue weighted by atomic mass is 16.5. The molecule has 0 N–H and O–H groups in total. The van der Waals surface area contributed by atoms with E-state index in [4.69, 9.17) is 9.47 Å². The van der Waals surface area contributed by atoms with Crippen LogP contribution in [0.25, 0.3) is 11.1 Å². The lowest BCUT2D eigenvalue weighted by Gasteiger charge is -2.27. The maximum absolute atomic E-state index is 12.9. The summed E-state index contributed by atoms with van der Waals surface area (Å²) in [7, 11) is 0. The summed E-state index contributed by atoms with van der Waals surface area (Å²) in [4.78, 5) is 12.9. The van der Waals surface area contributed by atoms with Crippen molar-refractivity contribution in [2.45, 2.75) is 6.10 Å². The predicted octanol–water partition coefficient (Wildman–Crippen LogP) is 6.41. The number of esters is 1. The van der Waals surface area contributed by atoms with Crippen molar-refractivity contribution in [2.24, 2.45) is 0 Å².